The summed E-state index contributed by atoms with van der Waals surface area (Å²) in [5.41, 5.74) is 0.947. The van der Waals surface area contributed by atoms with E-state index in [1.165, 1.54) is 4.90 Å². The van der Waals surface area contributed by atoms with Crippen molar-refractivity contribution in [3.8, 4) is 5.75 Å². The Bertz CT molecular complexity index is 794. The van der Waals surface area contributed by atoms with E-state index < -0.39 is 11.6 Å². The molecule has 1 aliphatic rings. The number of carbonyl (C=O) groups excluding carboxylic acids is 2. The molecule has 3 rings (SSSR count). The number of ether oxygens (including phenoxy) is 1. The molecule has 0 unspecified atom stereocenters. The molecule has 0 bridgehead atoms. The lowest BCUT2D eigenvalue weighted by Crippen LogP contribution is -2.40. The van der Waals surface area contributed by atoms with Crippen molar-refractivity contribution in [2.75, 3.05) is 7.11 Å². The van der Waals surface area contributed by atoms with Crippen molar-refractivity contribution in [3.63, 3.8) is 0 Å². The lowest BCUT2D eigenvalue weighted by atomic mass is 9.92. The number of methoxy groups -OCH3 is 1. The van der Waals surface area contributed by atoms with Crippen LogP contribution in [0.3, 0.4) is 0 Å². The van der Waals surface area contributed by atoms with Crippen molar-refractivity contribution in [3.05, 3.63) is 46.8 Å². The van der Waals surface area contributed by atoms with Gasteiger partial charge < -0.3 is 14.6 Å². The van der Waals surface area contributed by atoms with Crippen LogP contribution in [0.2, 0.25) is 0 Å². The van der Waals surface area contributed by atoms with Crippen molar-refractivity contribution < 1.29 is 18.8 Å². The fourth-order valence-electron chi connectivity index (χ4n) is 2.86. The number of rotatable bonds is 4. The smallest absolute Gasteiger partial charge is 0.325 e. The Morgan fingerprint density at radius 2 is 2.08 bits per heavy atom. The highest BCUT2D eigenvalue weighted by molar-refractivity contribution is 6.07. The monoisotopic (exact) mass is 329 g/mol. The molecule has 1 N–H and O–H groups in total. The Morgan fingerprint density at radius 3 is 2.71 bits per heavy atom. The first kappa shape index (κ1) is 16.0. The largest absolute Gasteiger partial charge is 0.497 e. The van der Waals surface area contributed by atoms with Crippen LogP contribution >= 0.6 is 0 Å². The quantitative estimate of drug-likeness (QED) is 0.870. The summed E-state index contributed by atoms with van der Waals surface area (Å²) in [6.45, 7) is 5.36. The second-order valence-corrected chi connectivity index (χ2v) is 5.98. The van der Waals surface area contributed by atoms with Crippen molar-refractivity contribution in [1.82, 2.24) is 15.4 Å². The van der Waals surface area contributed by atoms with Crippen LogP contribution in [0.4, 0.5) is 4.79 Å². The van der Waals surface area contributed by atoms with Gasteiger partial charge >= 0.3 is 6.03 Å². The zero-order valence-corrected chi connectivity index (χ0v) is 14.0. The first-order valence-electron chi connectivity index (χ1n) is 7.57. The summed E-state index contributed by atoms with van der Waals surface area (Å²) in [4.78, 5) is 26.5. The number of carbonyl (C=O) groups is 2. The van der Waals surface area contributed by atoms with Gasteiger partial charge in [0.05, 0.1) is 19.3 Å². The first-order valence-corrected chi connectivity index (χ1v) is 7.57. The van der Waals surface area contributed by atoms with Crippen molar-refractivity contribution in [1.29, 1.82) is 0 Å². The number of aromatic nitrogens is 1. The molecule has 1 atom stereocenters. The lowest BCUT2D eigenvalue weighted by Gasteiger charge is -2.22. The topological polar surface area (TPSA) is 84.7 Å². The van der Waals surface area contributed by atoms with Crippen molar-refractivity contribution in [2.24, 2.45) is 0 Å². The van der Waals surface area contributed by atoms with E-state index in [9.17, 15) is 9.59 Å². The third kappa shape index (κ3) is 2.42. The van der Waals surface area contributed by atoms with Crippen LogP contribution in [0, 0.1) is 13.8 Å². The van der Waals surface area contributed by atoms with Gasteiger partial charge in [-0.15, -0.1) is 0 Å². The summed E-state index contributed by atoms with van der Waals surface area (Å²) in [7, 11) is 1.56. The summed E-state index contributed by atoms with van der Waals surface area (Å²) in [6, 6.07) is 6.67. The SMILES string of the molecule is COc1cccc([C@@]2(C)NC(=O)N(Cc3c(C)noc3C)C2=O)c1. The molecule has 1 fully saturated rings. The maximum Gasteiger partial charge on any atom is 0.325 e. The van der Waals surface area contributed by atoms with Crippen LogP contribution < -0.4 is 10.1 Å². The minimum Gasteiger partial charge on any atom is -0.497 e. The molecular formula is C17H19N3O4. The van der Waals surface area contributed by atoms with Gasteiger partial charge in [0, 0.05) is 5.56 Å². The maximum atomic E-state index is 12.9. The fraction of sp³-hybridized carbons (Fsp3) is 0.353. The summed E-state index contributed by atoms with van der Waals surface area (Å²) in [6.07, 6.45) is 0. The van der Waals surface area contributed by atoms with Gasteiger partial charge in [0.1, 0.15) is 17.0 Å². The number of hydrogen-bond donors (Lipinski definition) is 1. The van der Waals surface area contributed by atoms with Gasteiger partial charge in [0.2, 0.25) is 0 Å². The average molecular weight is 329 g/mol. The lowest BCUT2D eigenvalue weighted by molar-refractivity contribution is -0.131. The van der Waals surface area contributed by atoms with Gasteiger partial charge in [-0.05, 0) is 38.5 Å². The van der Waals surface area contributed by atoms with E-state index in [0.717, 1.165) is 5.56 Å². The first-order chi connectivity index (χ1) is 11.4. The summed E-state index contributed by atoms with van der Waals surface area (Å²) < 4.78 is 10.3. The number of aryl methyl sites for hydroxylation is 2. The normalized spacial score (nSPS) is 20.4. The van der Waals surface area contributed by atoms with E-state index in [-0.39, 0.29) is 12.5 Å². The molecule has 1 aromatic heterocycles. The highest BCUT2D eigenvalue weighted by Crippen LogP contribution is 2.32. The van der Waals surface area contributed by atoms with Gasteiger partial charge in [-0.2, -0.15) is 0 Å². The summed E-state index contributed by atoms with van der Waals surface area (Å²) in [5.74, 6) is 0.906. The zero-order chi connectivity index (χ0) is 17.5. The van der Waals surface area contributed by atoms with Gasteiger partial charge in [-0.25, -0.2) is 4.79 Å². The van der Waals surface area contributed by atoms with Crippen LogP contribution in [0.25, 0.3) is 0 Å². The third-order valence-electron chi connectivity index (χ3n) is 4.42. The Hall–Kier alpha value is -2.83. The number of nitrogens with zero attached hydrogens (tertiary/aromatic N) is 2. The van der Waals surface area contributed by atoms with Crippen LogP contribution in [0.5, 0.6) is 5.75 Å². The van der Waals surface area contributed by atoms with Crippen LogP contribution in [-0.4, -0.2) is 29.1 Å². The van der Waals surface area contributed by atoms with Crippen molar-refractivity contribution in [2.45, 2.75) is 32.9 Å². The number of imide groups is 1. The van der Waals surface area contributed by atoms with E-state index in [2.05, 4.69) is 10.5 Å². The Morgan fingerprint density at radius 1 is 1.33 bits per heavy atom. The molecule has 24 heavy (non-hydrogen) atoms. The van der Waals surface area contributed by atoms with Gasteiger partial charge in [-0.1, -0.05) is 17.3 Å². The third-order valence-corrected chi connectivity index (χ3v) is 4.42. The second-order valence-electron chi connectivity index (χ2n) is 5.98. The molecule has 2 heterocycles. The van der Waals surface area contributed by atoms with Crippen LogP contribution in [0.15, 0.2) is 28.8 Å². The standard InChI is InChI=1S/C17H19N3O4/c1-10-14(11(2)24-19-10)9-20-15(21)17(3,18-16(20)22)12-6-5-7-13(8-12)23-4/h5-8H,9H2,1-4H3,(H,18,22)/t17-/m1/s1. The number of benzene rings is 1. The van der Waals surface area contributed by atoms with E-state index in [1.807, 2.05) is 0 Å². The molecule has 0 saturated carbocycles. The molecule has 0 radical (unpaired) electrons. The highest BCUT2D eigenvalue weighted by Gasteiger charge is 2.49. The molecule has 0 spiro atoms. The molecular weight excluding hydrogens is 310 g/mol. The second kappa shape index (κ2) is 5.67. The Labute approximate surface area is 139 Å². The van der Waals surface area contributed by atoms with Crippen LogP contribution in [-0.2, 0) is 16.9 Å². The summed E-state index contributed by atoms with van der Waals surface area (Å²) in [5, 5.41) is 6.64. The molecule has 3 amide bonds. The average Bonchev–Trinajstić information content (AvgIpc) is 3.00. The molecule has 1 saturated heterocycles. The Balaban J connectivity index is 1.93. The number of hydrogen-bond acceptors (Lipinski definition) is 5. The molecule has 126 valence electrons. The van der Waals surface area contributed by atoms with E-state index in [0.29, 0.717) is 22.8 Å². The number of urea groups is 1. The highest BCUT2D eigenvalue weighted by atomic mass is 16.5. The van der Waals surface area contributed by atoms with Crippen LogP contribution in [0.1, 0.15) is 29.5 Å². The number of amides is 3. The minimum absolute atomic E-state index is 0.130. The van der Waals surface area contributed by atoms with Gasteiger partial charge in [0.15, 0.2) is 0 Å². The van der Waals surface area contributed by atoms with Gasteiger partial charge in [0.25, 0.3) is 5.91 Å². The van der Waals surface area contributed by atoms with E-state index in [4.69, 9.17) is 9.26 Å². The number of nitrogens with one attached hydrogen (secondary N) is 1. The van der Waals surface area contributed by atoms with E-state index in [1.54, 1.807) is 52.1 Å². The maximum absolute atomic E-state index is 12.9. The summed E-state index contributed by atoms with van der Waals surface area (Å²) >= 11 is 0. The van der Waals surface area contributed by atoms with E-state index >= 15 is 0 Å². The molecule has 7 nitrogen and oxygen atoms in total. The fourth-order valence-corrected chi connectivity index (χ4v) is 2.86. The zero-order valence-electron chi connectivity index (χ0n) is 14.0. The molecule has 1 aliphatic heterocycles. The molecule has 1 aromatic carbocycles. The molecule has 7 heteroatoms. The molecule has 2 aromatic rings. The predicted molar refractivity (Wildman–Crippen MR) is 85.4 cm³/mol. The van der Waals surface area contributed by atoms with Gasteiger partial charge in [-0.3, -0.25) is 9.69 Å². The minimum atomic E-state index is -1.13. The Kier molecular flexibility index (Phi) is 3.79. The predicted octanol–water partition coefficient (Wildman–Crippen LogP) is 2.27. The van der Waals surface area contributed by atoms with Crippen molar-refractivity contribution >= 4 is 11.9 Å². The molecule has 0 aliphatic carbocycles.